The number of hydrogen-bond donors (Lipinski definition) is 2. The van der Waals surface area contributed by atoms with Crippen LogP contribution in [0.25, 0.3) is 22.6 Å². The Kier molecular flexibility index (Phi) is 4.42. The standard InChI is InChI=1S/C24H19FN6O2/c25-16-8-15(10-26-11-16)21-29-22-20(23(32)33)12-27-31(22)24(30-21)28-17-6-5-14-7-13-3-1-2-4-18(13)19(14)9-17/h1-4,8,10-12,17H,5-7,9H2,(H,32,33)(H,28,29,30)/t17-/m1/s1. The Morgan fingerprint density at radius 2 is 2.06 bits per heavy atom. The fraction of sp³-hybridized carbons (Fsp3) is 0.208. The van der Waals surface area contributed by atoms with Crippen molar-refractivity contribution in [3.63, 3.8) is 0 Å². The molecule has 0 bridgehead atoms. The lowest BCUT2D eigenvalue weighted by atomic mass is 9.88. The molecular formula is C24H19FN6O2. The summed E-state index contributed by atoms with van der Waals surface area (Å²) in [7, 11) is 0. The normalized spacial score (nSPS) is 17.2. The van der Waals surface area contributed by atoms with Gasteiger partial charge < -0.3 is 10.4 Å². The Hall–Kier alpha value is -4.14. The molecule has 4 aromatic rings. The number of anilines is 1. The maximum absolute atomic E-state index is 13.8. The van der Waals surface area contributed by atoms with Crippen molar-refractivity contribution in [1.82, 2.24) is 24.6 Å². The molecule has 8 nitrogen and oxygen atoms in total. The number of fused-ring (bicyclic) bond motifs is 3. The number of allylic oxidation sites excluding steroid dienone is 1. The van der Waals surface area contributed by atoms with E-state index in [1.54, 1.807) is 0 Å². The summed E-state index contributed by atoms with van der Waals surface area (Å²) in [4.78, 5) is 24.5. The first kappa shape index (κ1) is 19.5. The van der Waals surface area contributed by atoms with Crippen LogP contribution in [0.3, 0.4) is 0 Å². The number of hydrogen-bond acceptors (Lipinski definition) is 6. The molecule has 164 valence electrons. The molecule has 1 aromatic carbocycles. The van der Waals surface area contributed by atoms with E-state index in [1.807, 2.05) is 0 Å². The highest BCUT2D eigenvalue weighted by molar-refractivity contribution is 5.94. The lowest BCUT2D eigenvalue weighted by Crippen LogP contribution is -2.25. The fourth-order valence-electron chi connectivity index (χ4n) is 4.78. The zero-order chi connectivity index (χ0) is 22.5. The minimum atomic E-state index is -1.15. The second-order valence-corrected chi connectivity index (χ2v) is 8.36. The number of nitrogens with one attached hydrogen (secondary N) is 1. The molecule has 2 aliphatic carbocycles. The summed E-state index contributed by atoms with van der Waals surface area (Å²) in [5.74, 6) is -1.12. The highest BCUT2D eigenvalue weighted by Crippen LogP contribution is 2.42. The smallest absolute Gasteiger partial charge is 0.341 e. The zero-order valence-corrected chi connectivity index (χ0v) is 17.5. The Labute approximate surface area is 187 Å². The third-order valence-corrected chi connectivity index (χ3v) is 6.31. The summed E-state index contributed by atoms with van der Waals surface area (Å²) in [6.45, 7) is 0. The van der Waals surface area contributed by atoms with E-state index in [-0.39, 0.29) is 23.1 Å². The van der Waals surface area contributed by atoms with Crippen LogP contribution in [0.1, 0.15) is 40.7 Å². The second-order valence-electron chi connectivity index (χ2n) is 8.36. The molecule has 0 fully saturated rings. The van der Waals surface area contributed by atoms with Crippen LogP contribution in [-0.2, 0) is 6.42 Å². The number of aromatic nitrogens is 5. The third-order valence-electron chi connectivity index (χ3n) is 6.31. The topological polar surface area (TPSA) is 105 Å². The summed E-state index contributed by atoms with van der Waals surface area (Å²) in [5.41, 5.74) is 5.99. The maximum Gasteiger partial charge on any atom is 0.341 e. The van der Waals surface area contributed by atoms with Gasteiger partial charge in [-0.2, -0.15) is 14.6 Å². The van der Waals surface area contributed by atoms with Gasteiger partial charge in [-0.1, -0.05) is 29.8 Å². The van der Waals surface area contributed by atoms with Crippen molar-refractivity contribution in [3.8, 4) is 11.4 Å². The van der Waals surface area contributed by atoms with Gasteiger partial charge in [0.25, 0.3) is 0 Å². The van der Waals surface area contributed by atoms with Crippen molar-refractivity contribution in [3.05, 3.63) is 77.0 Å². The van der Waals surface area contributed by atoms with Crippen LogP contribution in [-0.4, -0.2) is 41.7 Å². The number of halogens is 1. The lowest BCUT2D eigenvalue weighted by Gasteiger charge is -2.26. The van der Waals surface area contributed by atoms with E-state index in [2.05, 4.69) is 49.6 Å². The van der Waals surface area contributed by atoms with Gasteiger partial charge in [-0.15, -0.1) is 0 Å². The predicted molar refractivity (Wildman–Crippen MR) is 119 cm³/mol. The monoisotopic (exact) mass is 442 g/mol. The Morgan fingerprint density at radius 1 is 1.18 bits per heavy atom. The Bertz CT molecular complexity index is 1460. The molecule has 0 aliphatic heterocycles. The number of pyridine rings is 1. The molecule has 9 heteroatoms. The molecule has 2 aliphatic rings. The third kappa shape index (κ3) is 3.32. The highest BCUT2D eigenvalue weighted by atomic mass is 19.1. The minimum absolute atomic E-state index is 0.0515. The average molecular weight is 442 g/mol. The second kappa shape index (κ2) is 7.47. The van der Waals surface area contributed by atoms with E-state index >= 15 is 0 Å². The van der Waals surface area contributed by atoms with Gasteiger partial charge in [0.15, 0.2) is 11.5 Å². The van der Waals surface area contributed by atoms with Gasteiger partial charge in [0.05, 0.1) is 12.4 Å². The molecule has 3 heterocycles. The van der Waals surface area contributed by atoms with Crippen molar-refractivity contribution < 1.29 is 14.3 Å². The first-order valence-corrected chi connectivity index (χ1v) is 10.7. The Morgan fingerprint density at radius 3 is 2.91 bits per heavy atom. The Balaban J connectivity index is 1.39. The molecule has 0 spiro atoms. The average Bonchev–Trinajstić information content (AvgIpc) is 3.41. The number of carboxylic acids is 1. The zero-order valence-electron chi connectivity index (χ0n) is 17.5. The lowest BCUT2D eigenvalue weighted by molar-refractivity contribution is 0.0698. The molecule has 0 amide bonds. The van der Waals surface area contributed by atoms with Gasteiger partial charge >= 0.3 is 5.97 Å². The van der Waals surface area contributed by atoms with Crippen molar-refractivity contribution in [2.24, 2.45) is 0 Å². The molecule has 33 heavy (non-hydrogen) atoms. The van der Waals surface area contributed by atoms with Gasteiger partial charge in [-0.25, -0.2) is 14.2 Å². The molecule has 0 unspecified atom stereocenters. The van der Waals surface area contributed by atoms with Gasteiger partial charge in [0.2, 0.25) is 5.95 Å². The van der Waals surface area contributed by atoms with Crippen LogP contribution in [0.15, 0.2) is 54.5 Å². The molecule has 6 rings (SSSR count). The highest BCUT2D eigenvalue weighted by Gasteiger charge is 2.29. The number of carboxylic acid groups (broad SMARTS) is 1. The van der Waals surface area contributed by atoms with Crippen LogP contribution < -0.4 is 5.32 Å². The van der Waals surface area contributed by atoms with Crippen LogP contribution in [0.5, 0.6) is 0 Å². The van der Waals surface area contributed by atoms with Gasteiger partial charge in [-0.05, 0) is 48.4 Å². The van der Waals surface area contributed by atoms with Crippen LogP contribution in [0, 0.1) is 5.82 Å². The van der Waals surface area contributed by atoms with Crippen LogP contribution >= 0.6 is 0 Å². The first-order valence-electron chi connectivity index (χ1n) is 10.7. The molecule has 2 N–H and O–H groups in total. The fourth-order valence-corrected chi connectivity index (χ4v) is 4.78. The van der Waals surface area contributed by atoms with Crippen molar-refractivity contribution in [2.75, 3.05) is 5.32 Å². The van der Waals surface area contributed by atoms with Crippen molar-refractivity contribution in [1.29, 1.82) is 0 Å². The number of carbonyl (C=O) groups is 1. The van der Waals surface area contributed by atoms with Gasteiger partial charge in [-0.3, -0.25) is 4.98 Å². The van der Waals surface area contributed by atoms with E-state index in [9.17, 15) is 14.3 Å². The molecular weight excluding hydrogens is 423 g/mol. The largest absolute Gasteiger partial charge is 0.477 e. The molecule has 0 saturated carbocycles. The summed E-state index contributed by atoms with van der Waals surface area (Å²) in [6, 6.07) is 9.85. The molecule has 0 saturated heterocycles. The van der Waals surface area contributed by atoms with Gasteiger partial charge in [0.1, 0.15) is 11.4 Å². The van der Waals surface area contributed by atoms with Crippen LogP contribution in [0.2, 0.25) is 0 Å². The quantitative estimate of drug-likeness (QED) is 0.492. The van der Waals surface area contributed by atoms with Crippen molar-refractivity contribution >= 4 is 23.1 Å². The first-order chi connectivity index (χ1) is 16.1. The summed E-state index contributed by atoms with van der Waals surface area (Å²) < 4.78 is 15.2. The number of benzene rings is 1. The predicted octanol–water partition coefficient (Wildman–Crippen LogP) is 4.00. The van der Waals surface area contributed by atoms with E-state index in [0.29, 0.717) is 11.5 Å². The van der Waals surface area contributed by atoms with Crippen molar-refractivity contribution in [2.45, 2.75) is 31.7 Å². The molecule has 1 atom stereocenters. The number of rotatable bonds is 4. The summed E-state index contributed by atoms with van der Waals surface area (Å²) >= 11 is 0. The van der Waals surface area contributed by atoms with E-state index in [4.69, 9.17) is 0 Å². The number of nitrogens with zero attached hydrogens (tertiary/aromatic N) is 5. The van der Waals surface area contributed by atoms with Crippen LogP contribution in [0.4, 0.5) is 10.3 Å². The van der Waals surface area contributed by atoms with E-state index in [1.165, 1.54) is 45.2 Å². The van der Waals surface area contributed by atoms with E-state index < -0.39 is 11.8 Å². The molecule has 0 radical (unpaired) electrons. The minimum Gasteiger partial charge on any atom is -0.477 e. The SMILES string of the molecule is O=C(O)c1cnn2c(N[C@@H]3CCC4=C(C3)c3ccccc3C4)nc(-c3cncc(F)c3)nc12. The summed E-state index contributed by atoms with van der Waals surface area (Å²) in [5, 5.41) is 17.2. The van der Waals surface area contributed by atoms with E-state index in [0.717, 1.165) is 31.9 Å². The maximum atomic E-state index is 13.8. The summed E-state index contributed by atoms with van der Waals surface area (Å²) in [6.07, 6.45) is 7.53. The molecule has 3 aromatic heterocycles. The number of aromatic carboxylic acids is 1. The van der Waals surface area contributed by atoms with Gasteiger partial charge in [0, 0.05) is 17.8 Å².